The van der Waals surface area contributed by atoms with Gasteiger partial charge in [0.15, 0.2) is 0 Å². The first-order valence-electron chi connectivity index (χ1n) is 6.60. The number of piperazine rings is 1. The van der Waals surface area contributed by atoms with E-state index in [1.54, 1.807) is 12.1 Å². The molecule has 2 nitrogen and oxygen atoms in total. The molecule has 2 atom stereocenters. The molecule has 1 aromatic rings. The van der Waals surface area contributed by atoms with Crippen LogP contribution in [0.25, 0.3) is 0 Å². The number of nitrogens with one attached hydrogen (secondary N) is 1. The highest BCUT2D eigenvalue weighted by atomic mass is 35.5. The average Bonchev–Trinajstić information content (AvgIpc) is 3.17. The maximum absolute atomic E-state index is 13.4. The van der Waals surface area contributed by atoms with Gasteiger partial charge in [0.05, 0.1) is 10.7 Å². The van der Waals surface area contributed by atoms with Gasteiger partial charge in [-0.15, -0.1) is 0 Å². The highest BCUT2D eigenvalue weighted by Gasteiger charge is 2.36. The van der Waals surface area contributed by atoms with Gasteiger partial charge in [-0.05, 0) is 43.9 Å². The summed E-state index contributed by atoms with van der Waals surface area (Å²) in [6, 6.07) is 5.48. The molecule has 0 bridgehead atoms. The number of nitrogens with zero attached hydrogens (tertiary/aromatic N) is 1. The van der Waals surface area contributed by atoms with Gasteiger partial charge < -0.3 is 10.2 Å². The molecule has 4 heteroatoms. The maximum atomic E-state index is 13.4. The minimum Gasteiger partial charge on any atom is -0.365 e. The minimum absolute atomic E-state index is 0.219. The van der Waals surface area contributed by atoms with E-state index in [1.807, 2.05) is 0 Å². The second-order valence-corrected chi connectivity index (χ2v) is 5.86. The largest absolute Gasteiger partial charge is 0.365 e. The van der Waals surface area contributed by atoms with E-state index >= 15 is 0 Å². The fraction of sp³-hybridized carbons (Fsp3) is 0.571. The molecule has 0 amide bonds. The molecule has 1 aromatic carbocycles. The Morgan fingerprint density at radius 2 is 2.17 bits per heavy atom. The summed E-state index contributed by atoms with van der Waals surface area (Å²) >= 11 is 6.21. The van der Waals surface area contributed by atoms with Crippen LogP contribution in [0.2, 0.25) is 5.02 Å². The lowest BCUT2D eigenvalue weighted by Crippen LogP contribution is -2.56. The fourth-order valence-corrected chi connectivity index (χ4v) is 2.97. The van der Waals surface area contributed by atoms with Crippen LogP contribution in [0.1, 0.15) is 19.8 Å². The van der Waals surface area contributed by atoms with Crippen LogP contribution in [0.15, 0.2) is 18.2 Å². The van der Waals surface area contributed by atoms with Crippen molar-refractivity contribution in [3.8, 4) is 0 Å². The zero-order chi connectivity index (χ0) is 12.7. The predicted octanol–water partition coefficient (Wildman–Crippen LogP) is 3.06. The van der Waals surface area contributed by atoms with Crippen LogP contribution < -0.4 is 10.2 Å². The second kappa shape index (κ2) is 4.71. The van der Waals surface area contributed by atoms with Crippen LogP contribution in [-0.4, -0.2) is 25.2 Å². The van der Waals surface area contributed by atoms with Crippen LogP contribution in [0.3, 0.4) is 0 Å². The third kappa shape index (κ3) is 2.34. The van der Waals surface area contributed by atoms with Gasteiger partial charge in [-0.2, -0.15) is 0 Å². The van der Waals surface area contributed by atoms with Crippen molar-refractivity contribution >= 4 is 17.3 Å². The van der Waals surface area contributed by atoms with E-state index < -0.39 is 0 Å². The lowest BCUT2D eigenvalue weighted by molar-refractivity contribution is 0.375. The highest BCUT2D eigenvalue weighted by molar-refractivity contribution is 6.33. The van der Waals surface area contributed by atoms with E-state index in [1.165, 1.54) is 18.9 Å². The SMILES string of the molecule is CC1CNC(C2CC2)CN1c1cc(F)ccc1Cl. The molecule has 1 aliphatic carbocycles. The monoisotopic (exact) mass is 268 g/mol. The van der Waals surface area contributed by atoms with Gasteiger partial charge in [0, 0.05) is 25.2 Å². The van der Waals surface area contributed by atoms with Gasteiger partial charge in [-0.3, -0.25) is 0 Å². The van der Waals surface area contributed by atoms with Crippen LogP contribution in [0.5, 0.6) is 0 Å². The van der Waals surface area contributed by atoms with Crippen molar-refractivity contribution in [2.24, 2.45) is 5.92 Å². The fourth-order valence-electron chi connectivity index (χ4n) is 2.74. The van der Waals surface area contributed by atoms with E-state index in [9.17, 15) is 4.39 Å². The summed E-state index contributed by atoms with van der Waals surface area (Å²) in [6.07, 6.45) is 2.63. The van der Waals surface area contributed by atoms with Crippen LogP contribution in [-0.2, 0) is 0 Å². The minimum atomic E-state index is -0.219. The molecule has 98 valence electrons. The van der Waals surface area contributed by atoms with Crippen molar-refractivity contribution in [2.45, 2.75) is 31.8 Å². The highest BCUT2D eigenvalue weighted by Crippen LogP contribution is 2.36. The summed E-state index contributed by atoms with van der Waals surface area (Å²) in [7, 11) is 0. The van der Waals surface area contributed by atoms with Gasteiger partial charge in [-0.25, -0.2) is 4.39 Å². The molecule has 0 aromatic heterocycles. The Hall–Kier alpha value is -0.800. The molecule has 18 heavy (non-hydrogen) atoms. The molecule has 1 saturated carbocycles. The molecular weight excluding hydrogens is 251 g/mol. The van der Waals surface area contributed by atoms with Crippen molar-refractivity contribution in [2.75, 3.05) is 18.0 Å². The number of rotatable bonds is 2. The normalized spacial score (nSPS) is 28.5. The summed E-state index contributed by atoms with van der Waals surface area (Å²) in [6.45, 7) is 4.01. The molecule has 1 heterocycles. The van der Waals surface area contributed by atoms with E-state index in [0.29, 0.717) is 17.1 Å². The Labute approximate surface area is 112 Å². The van der Waals surface area contributed by atoms with E-state index in [2.05, 4.69) is 17.1 Å². The third-order valence-electron chi connectivity index (χ3n) is 4.01. The molecule has 0 spiro atoms. The summed E-state index contributed by atoms with van der Waals surface area (Å²) < 4.78 is 13.4. The lowest BCUT2D eigenvalue weighted by atomic mass is 10.1. The van der Waals surface area contributed by atoms with Gasteiger partial charge in [-0.1, -0.05) is 11.6 Å². The second-order valence-electron chi connectivity index (χ2n) is 5.45. The number of halogens is 2. The standard InChI is InChI=1S/C14H18ClFN2/c1-9-7-17-13(10-2-3-10)8-18(9)14-6-11(16)4-5-12(14)15/h4-6,9-10,13,17H,2-3,7-8H2,1H3. The average molecular weight is 269 g/mol. The molecule has 2 fully saturated rings. The molecule has 1 saturated heterocycles. The van der Waals surface area contributed by atoms with Crippen molar-refractivity contribution in [1.82, 2.24) is 5.32 Å². The topological polar surface area (TPSA) is 15.3 Å². The Balaban J connectivity index is 1.85. The summed E-state index contributed by atoms with van der Waals surface area (Å²) in [5.41, 5.74) is 0.830. The van der Waals surface area contributed by atoms with E-state index in [4.69, 9.17) is 11.6 Å². The van der Waals surface area contributed by atoms with Crippen LogP contribution in [0.4, 0.5) is 10.1 Å². The Morgan fingerprint density at radius 1 is 1.39 bits per heavy atom. The number of benzene rings is 1. The first-order chi connectivity index (χ1) is 8.65. The lowest BCUT2D eigenvalue weighted by Gasteiger charge is -2.41. The Morgan fingerprint density at radius 3 is 2.89 bits per heavy atom. The predicted molar refractivity (Wildman–Crippen MR) is 72.7 cm³/mol. The first kappa shape index (κ1) is 12.2. The molecular formula is C14H18ClFN2. The quantitative estimate of drug-likeness (QED) is 0.887. The van der Waals surface area contributed by atoms with Crippen molar-refractivity contribution in [1.29, 1.82) is 0 Å². The smallest absolute Gasteiger partial charge is 0.125 e. The van der Waals surface area contributed by atoms with Crippen molar-refractivity contribution in [3.63, 3.8) is 0 Å². The zero-order valence-corrected chi connectivity index (χ0v) is 11.3. The summed E-state index contributed by atoms with van der Waals surface area (Å²) in [5.74, 6) is 0.579. The molecule has 2 aliphatic rings. The Kier molecular flexibility index (Phi) is 3.20. The summed E-state index contributed by atoms with van der Waals surface area (Å²) in [5, 5.41) is 4.22. The van der Waals surface area contributed by atoms with Crippen molar-refractivity contribution < 1.29 is 4.39 Å². The molecule has 1 N–H and O–H groups in total. The molecule has 3 rings (SSSR count). The van der Waals surface area contributed by atoms with Gasteiger partial charge in [0.25, 0.3) is 0 Å². The third-order valence-corrected chi connectivity index (χ3v) is 4.33. The Bertz CT molecular complexity index is 447. The first-order valence-corrected chi connectivity index (χ1v) is 6.98. The van der Waals surface area contributed by atoms with Crippen LogP contribution >= 0.6 is 11.6 Å². The molecule has 0 radical (unpaired) electrons. The van der Waals surface area contributed by atoms with Crippen molar-refractivity contribution in [3.05, 3.63) is 29.0 Å². The molecule has 1 aliphatic heterocycles. The number of hydrogen-bond acceptors (Lipinski definition) is 2. The summed E-state index contributed by atoms with van der Waals surface area (Å²) in [4.78, 5) is 2.24. The maximum Gasteiger partial charge on any atom is 0.125 e. The van der Waals surface area contributed by atoms with Gasteiger partial charge in [0.1, 0.15) is 5.82 Å². The van der Waals surface area contributed by atoms with Gasteiger partial charge >= 0.3 is 0 Å². The number of hydrogen-bond donors (Lipinski definition) is 1. The van der Waals surface area contributed by atoms with E-state index in [0.717, 1.165) is 24.7 Å². The number of anilines is 1. The van der Waals surface area contributed by atoms with Crippen LogP contribution in [0, 0.1) is 11.7 Å². The zero-order valence-electron chi connectivity index (χ0n) is 10.5. The van der Waals surface area contributed by atoms with E-state index in [-0.39, 0.29) is 5.82 Å². The molecule has 2 unspecified atom stereocenters. The van der Waals surface area contributed by atoms with Gasteiger partial charge in [0.2, 0.25) is 0 Å².